The molecule has 0 saturated carbocycles. The lowest BCUT2D eigenvalue weighted by Gasteiger charge is -2.14. The minimum absolute atomic E-state index is 0.146. The Hall–Kier alpha value is -1.79. The largest absolute Gasteiger partial charge is 0.480 e. The van der Waals surface area contributed by atoms with Gasteiger partial charge in [0.05, 0.1) is 16.8 Å². The van der Waals surface area contributed by atoms with E-state index in [2.05, 4.69) is 5.16 Å². The van der Waals surface area contributed by atoms with Gasteiger partial charge in [0.25, 0.3) is 0 Å². The third-order valence-corrected chi connectivity index (χ3v) is 5.81. The highest BCUT2D eigenvalue weighted by atomic mass is 35.5. The van der Waals surface area contributed by atoms with Gasteiger partial charge in [-0.25, -0.2) is 4.79 Å². The molecule has 1 aromatic rings. The van der Waals surface area contributed by atoms with Crippen LogP contribution < -0.4 is 4.74 Å². The van der Waals surface area contributed by atoms with E-state index < -0.39 is 5.97 Å². The Morgan fingerprint density at radius 3 is 2.38 bits per heavy atom. The standard InChI is InChI=1S/C24H33Cl2NO5/c1-18-12-14-20(10-8-6-4-2-3-5-7-9-11-23(28)31-18)27-32-24(29)17-30-22-15-13-19(25)16-21(22)26/h13,15-16,18H,2-12,14,17H2,1H3/b27-20-. The van der Waals surface area contributed by atoms with Crippen LogP contribution in [0.25, 0.3) is 0 Å². The van der Waals surface area contributed by atoms with Gasteiger partial charge in [-0.3, -0.25) is 4.79 Å². The summed E-state index contributed by atoms with van der Waals surface area (Å²) in [7, 11) is 0. The lowest BCUT2D eigenvalue weighted by atomic mass is 10.0. The second kappa shape index (κ2) is 15.1. The summed E-state index contributed by atoms with van der Waals surface area (Å²) < 4.78 is 10.9. The Morgan fingerprint density at radius 2 is 1.69 bits per heavy atom. The summed E-state index contributed by atoms with van der Waals surface area (Å²) in [5, 5.41) is 4.88. The van der Waals surface area contributed by atoms with E-state index in [0.29, 0.717) is 35.1 Å². The first kappa shape index (κ1) is 26.5. The maximum absolute atomic E-state index is 12.1. The van der Waals surface area contributed by atoms with Crippen LogP contribution in [0.2, 0.25) is 10.0 Å². The summed E-state index contributed by atoms with van der Waals surface area (Å²) in [6, 6.07) is 4.76. The number of halogens is 2. The SMILES string of the molecule is CC1CC/C(=N\OC(=O)COc2ccc(Cl)cc2Cl)CCCCCCCCCCC(=O)O1. The summed E-state index contributed by atoms with van der Waals surface area (Å²) in [4.78, 5) is 29.1. The van der Waals surface area contributed by atoms with E-state index in [0.717, 1.165) is 44.2 Å². The molecular formula is C24H33Cl2NO5. The highest BCUT2D eigenvalue weighted by molar-refractivity contribution is 6.35. The first-order chi connectivity index (χ1) is 15.4. The van der Waals surface area contributed by atoms with E-state index in [-0.39, 0.29) is 18.7 Å². The zero-order chi connectivity index (χ0) is 23.2. The van der Waals surface area contributed by atoms with Gasteiger partial charge in [0.2, 0.25) is 0 Å². The van der Waals surface area contributed by atoms with Crippen LogP contribution in [0.15, 0.2) is 23.4 Å². The van der Waals surface area contributed by atoms with E-state index >= 15 is 0 Å². The average Bonchev–Trinajstić information content (AvgIpc) is 2.74. The summed E-state index contributed by atoms with van der Waals surface area (Å²) >= 11 is 11.9. The minimum Gasteiger partial charge on any atom is -0.480 e. The monoisotopic (exact) mass is 485 g/mol. The lowest BCUT2D eigenvalue weighted by molar-refractivity contribution is -0.148. The molecule has 0 aliphatic carbocycles. The molecule has 32 heavy (non-hydrogen) atoms. The van der Waals surface area contributed by atoms with Crippen molar-refractivity contribution in [1.82, 2.24) is 0 Å². The molecular weight excluding hydrogens is 453 g/mol. The number of rotatable bonds is 4. The minimum atomic E-state index is -0.616. The number of hydrogen-bond donors (Lipinski definition) is 0. The zero-order valence-corrected chi connectivity index (χ0v) is 20.3. The Labute approximate surface area is 200 Å². The normalized spacial score (nSPS) is 21.0. The van der Waals surface area contributed by atoms with Crippen molar-refractivity contribution < 1.29 is 23.9 Å². The Balaban J connectivity index is 1.87. The smallest absolute Gasteiger partial charge is 0.372 e. The molecule has 2 rings (SSSR count). The van der Waals surface area contributed by atoms with E-state index in [1.807, 2.05) is 6.92 Å². The third kappa shape index (κ3) is 11.2. The summed E-state index contributed by atoms with van der Waals surface area (Å²) in [5.74, 6) is -0.413. The van der Waals surface area contributed by atoms with Crippen LogP contribution >= 0.6 is 23.2 Å². The molecule has 0 bridgehead atoms. The molecule has 1 saturated heterocycles. The molecule has 0 aromatic heterocycles. The topological polar surface area (TPSA) is 74.2 Å². The van der Waals surface area contributed by atoms with Crippen molar-refractivity contribution in [3.05, 3.63) is 28.2 Å². The van der Waals surface area contributed by atoms with Crippen molar-refractivity contribution in [1.29, 1.82) is 0 Å². The van der Waals surface area contributed by atoms with Gasteiger partial charge in [-0.2, -0.15) is 0 Å². The van der Waals surface area contributed by atoms with Crippen molar-refractivity contribution in [2.75, 3.05) is 6.61 Å². The molecule has 1 heterocycles. The first-order valence-electron chi connectivity index (χ1n) is 11.5. The third-order valence-electron chi connectivity index (χ3n) is 5.28. The number of ether oxygens (including phenoxy) is 2. The van der Waals surface area contributed by atoms with Crippen LogP contribution in [0, 0.1) is 0 Å². The number of oxime groups is 1. The zero-order valence-electron chi connectivity index (χ0n) is 18.7. The van der Waals surface area contributed by atoms with Crippen molar-refractivity contribution in [2.45, 2.75) is 90.1 Å². The van der Waals surface area contributed by atoms with Crippen LogP contribution in [-0.2, 0) is 19.2 Å². The van der Waals surface area contributed by atoms with Crippen LogP contribution in [0.3, 0.4) is 0 Å². The van der Waals surface area contributed by atoms with Gasteiger partial charge >= 0.3 is 11.9 Å². The fourth-order valence-electron chi connectivity index (χ4n) is 3.46. The fourth-order valence-corrected chi connectivity index (χ4v) is 3.92. The van der Waals surface area contributed by atoms with Crippen molar-refractivity contribution in [2.24, 2.45) is 5.16 Å². The molecule has 1 atom stereocenters. The molecule has 1 aliphatic rings. The Morgan fingerprint density at radius 1 is 1.03 bits per heavy atom. The van der Waals surface area contributed by atoms with Crippen molar-refractivity contribution >= 4 is 40.9 Å². The number of hydrogen-bond acceptors (Lipinski definition) is 6. The van der Waals surface area contributed by atoms with Crippen molar-refractivity contribution in [3.8, 4) is 5.75 Å². The second-order valence-electron chi connectivity index (χ2n) is 8.15. The van der Waals surface area contributed by atoms with Gasteiger partial charge in [-0.05, 0) is 57.2 Å². The maximum Gasteiger partial charge on any atom is 0.372 e. The van der Waals surface area contributed by atoms with Gasteiger partial charge in [-0.15, -0.1) is 0 Å². The van der Waals surface area contributed by atoms with Crippen LogP contribution in [0.1, 0.15) is 84.0 Å². The fraction of sp³-hybridized carbons (Fsp3) is 0.625. The molecule has 0 N–H and O–H groups in total. The summed E-state index contributed by atoms with van der Waals surface area (Å²) in [5.41, 5.74) is 0.790. The molecule has 0 spiro atoms. The Bertz CT molecular complexity index is 769. The highest BCUT2D eigenvalue weighted by Crippen LogP contribution is 2.27. The molecule has 1 unspecified atom stereocenters. The van der Waals surface area contributed by atoms with Gasteiger partial charge in [0.15, 0.2) is 6.61 Å². The van der Waals surface area contributed by atoms with Crippen LogP contribution in [-0.4, -0.2) is 30.4 Å². The van der Waals surface area contributed by atoms with Gasteiger partial charge < -0.3 is 14.3 Å². The summed E-state index contributed by atoms with van der Waals surface area (Å²) in [6.45, 7) is 1.57. The molecule has 178 valence electrons. The number of esters is 1. The maximum atomic E-state index is 12.1. The van der Waals surface area contributed by atoms with E-state index in [1.54, 1.807) is 12.1 Å². The molecule has 6 nitrogen and oxygen atoms in total. The van der Waals surface area contributed by atoms with E-state index in [4.69, 9.17) is 37.5 Å². The Kier molecular flexibility index (Phi) is 12.5. The first-order valence-corrected chi connectivity index (χ1v) is 12.2. The predicted molar refractivity (Wildman–Crippen MR) is 126 cm³/mol. The van der Waals surface area contributed by atoms with Gasteiger partial charge in [0, 0.05) is 11.4 Å². The molecule has 8 heteroatoms. The van der Waals surface area contributed by atoms with Crippen molar-refractivity contribution in [3.63, 3.8) is 0 Å². The highest BCUT2D eigenvalue weighted by Gasteiger charge is 2.13. The molecule has 0 radical (unpaired) electrons. The molecule has 1 fully saturated rings. The van der Waals surface area contributed by atoms with Gasteiger partial charge in [0.1, 0.15) is 5.75 Å². The number of carbonyl (C=O) groups is 2. The number of nitrogens with zero attached hydrogens (tertiary/aromatic N) is 1. The lowest BCUT2D eigenvalue weighted by Crippen LogP contribution is -2.17. The number of cyclic esters (lactones) is 1. The number of carbonyl (C=O) groups excluding carboxylic acids is 2. The molecule has 1 aromatic carbocycles. The molecule has 1 aliphatic heterocycles. The van der Waals surface area contributed by atoms with E-state index in [9.17, 15) is 9.59 Å². The number of benzene rings is 1. The molecule has 0 amide bonds. The predicted octanol–water partition coefficient (Wildman–Crippen LogP) is 6.90. The second-order valence-corrected chi connectivity index (χ2v) is 9.00. The quantitative estimate of drug-likeness (QED) is 0.263. The summed E-state index contributed by atoms with van der Waals surface area (Å²) in [6.07, 6.45) is 11.1. The van der Waals surface area contributed by atoms with E-state index in [1.165, 1.54) is 25.3 Å². The van der Waals surface area contributed by atoms with Crippen LogP contribution in [0.4, 0.5) is 0 Å². The van der Waals surface area contributed by atoms with Crippen LogP contribution in [0.5, 0.6) is 5.75 Å². The average molecular weight is 486 g/mol. The van der Waals surface area contributed by atoms with Gasteiger partial charge in [-0.1, -0.05) is 66.9 Å².